The summed E-state index contributed by atoms with van der Waals surface area (Å²) in [7, 11) is 0. The third-order valence-corrected chi connectivity index (χ3v) is 3.72. The molecule has 0 aromatic rings. The largest absolute Gasteiger partial charge is 0.481 e. The van der Waals surface area contributed by atoms with Crippen molar-refractivity contribution in [1.29, 1.82) is 0 Å². The second-order valence-electron chi connectivity index (χ2n) is 6.20. The lowest BCUT2D eigenvalue weighted by Crippen LogP contribution is -2.00. The molecular weight excluding hydrogens is 288 g/mol. The molecule has 23 heavy (non-hydrogen) atoms. The van der Waals surface area contributed by atoms with Gasteiger partial charge in [-0.2, -0.15) is 0 Å². The van der Waals surface area contributed by atoms with E-state index in [0.717, 1.165) is 0 Å². The smallest absolute Gasteiger partial charge is 0.310 e. The first-order valence-electron chi connectivity index (χ1n) is 9.14. The molecule has 2 aliphatic carbocycles. The van der Waals surface area contributed by atoms with Crippen molar-refractivity contribution in [2.45, 2.75) is 90.4 Å². The SMILES string of the molecule is C1=CCCCCCC1.C1=CCCCCCC1.CC(=O)CC(=O)O. The summed E-state index contributed by atoms with van der Waals surface area (Å²) < 4.78 is 0. The first-order valence-corrected chi connectivity index (χ1v) is 9.14. The summed E-state index contributed by atoms with van der Waals surface area (Å²) in [6.07, 6.45) is 25.6. The van der Waals surface area contributed by atoms with Crippen LogP contribution in [0.15, 0.2) is 24.3 Å². The number of carbonyl (C=O) groups excluding carboxylic acids is 1. The molecule has 0 atom stereocenters. The molecule has 132 valence electrons. The maximum Gasteiger partial charge on any atom is 0.310 e. The highest BCUT2D eigenvalue weighted by molar-refractivity contribution is 5.93. The summed E-state index contributed by atoms with van der Waals surface area (Å²) in [5.74, 6) is -1.37. The molecule has 0 bridgehead atoms. The van der Waals surface area contributed by atoms with E-state index in [2.05, 4.69) is 24.3 Å². The van der Waals surface area contributed by atoms with Gasteiger partial charge in [-0.15, -0.1) is 0 Å². The Hall–Kier alpha value is -1.38. The number of rotatable bonds is 2. The highest BCUT2D eigenvalue weighted by Crippen LogP contribution is 2.10. The minimum absolute atomic E-state index is 0.312. The molecule has 0 spiro atoms. The Morgan fingerprint density at radius 2 is 1.00 bits per heavy atom. The highest BCUT2D eigenvalue weighted by Gasteiger charge is 1.98. The molecule has 0 aromatic carbocycles. The quantitative estimate of drug-likeness (QED) is 0.513. The maximum atomic E-state index is 9.87. The van der Waals surface area contributed by atoms with E-state index in [1.54, 1.807) is 0 Å². The van der Waals surface area contributed by atoms with Gasteiger partial charge in [0.1, 0.15) is 12.2 Å². The zero-order chi connectivity index (χ0) is 17.2. The fourth-order valence-corrected chi connectivity index (χ4v) is 2.44. The molecule has 0 fully saturated rings. The van der Waals surface area contributed by atoms with Crippen molar-refractivity contribution >= 4 is 11.8 Å². The van der Waals surface area contributed by atoms with Crippen molar-refractivity contribution < 1.29 is 14.7 Å². The van der Waals surface area contributed by atoms with Gasteiger partial charge in [-0.1, -0.05) is 50.0 Å². The van der Waals surface area contributed by atoms with Gasteiger partial charge in [-0.05, 0) is 58.3 Å². The minimum Gasteiger partial charge on any atom is -0.481 e. The van der Waals surface area contributed by atoms with Crippen LogP contribution < -0.4 is 0 Å². The summed E-state index contributed by atoms with van der Waals surface area (Å²) >= 11 is 0. The van der Waals surface area contributed by atoms with Crippen LogP contribution in [-0.4, -0.2) is 16.9 Å². The third kappa shape index (κ3) is 20.6. The van der Waals surface area contributed by atoms with Crippen LogP contribution in [0.3, 0.4) is 0 Å². The number of hydrogen-bond acceptors (Lipinski definition) is 2. The standard InChI is InChI=1S/2C8H14.C4H6O3/c2*1-2-4-6-8-7-5-3-1;1-3(5)2-4(6)7/h2*1-2H,3-8H2;2H2,1H3,(H,6,7). The average molecular weight is 322 g/mol. The molecule has 2 aliphatic rings. The molecule has 3 nitrogen and oxygen atoms in total. The maximum absolute atomic E-state index is 9.87. The van der Waals surface area contributed by atoms with Crippen LogP contribution in [0.25, 0.3) is 0 Å². The molecule has 0 amide bonds. The highest BCUT2D eigenvalue weighted by atomic mass is 16.4. The van der Waals surface area contributed by atoms with Gasteiger partial charge < -0.3 is 5.11 Å². The Kier molecular flexibility index (Phi) is 16.0. The fraction of sp³-hybridized carbons (Fsp3) is 0.700. The number of carbonyl (C=O) groups is 2. The van der Waals surface area contributed by atoms with Crippen molar-refractivity contribution in [3.05, 3.63) is 24.3 Å². The van der Waals surface area contributed by atoms with Crippen LogP contribution in [-0.2, 0) is 9.59 Å². The monoisotopic (exact) mass is 322 g/mol. The van der Waals surface area contributed by atoms with E-state index >= 15 is 0 Å². The topological polar surface area (TPSA) is 54.4 Å². The van der Waals surface area contributed by atoms with Gasteiger partial charge in [0, 0.05) is 0 Å². The number of allylic oxidation sites excluding steroid dienone is 4. The Labute approximate surface area is 141 Å². The van der Waals surface area contributed by atoms with Crippen molar-refractivity contribution in [1.82, 2.24) is 0 Å². The van der Waals surface area contributed by atoms with Crippen LogP contribution in [0.4, 0.5) is 0 Å². The molecule has 0 saturated heterocycles. The van der Waals surface area contributed by atoms with Crippen LogP contribution in [0.1, 0.15) is 90.4 Å². The van der Waals surface area contributed by atoms with E-state index in [-0.39, 0.29) is 12.2 Å². The van der Waals surface area contributed by atoms with Crippen LogP contribution in [0.2, 0.25) is 0 Å². The predicted molar refractivity (Wildman–Crippen MR) is 96.6 cm³/mol. The second kappa shape index (κ2) is 17.0. The van der Waals surface area contributed by atoms with Gasteiger partial charge in [0.05, 0.1) is 0 Å². The molecule has 0 saturated carbocycles. The summed E-state index contributed by atoms with van der Waals surface area (Å²) in [4.78, 5) is 19.5. The van der Waals surface area contributed by atoms with Crippen LogP contribution in [0.5, 0.6) is 0 Å². The Balaban J connectivity index is 0.000000317. The Bertz CT molecular complexity index is 302. The zero-order valence-electron chi connectivity index (χ0n) is 14.8. The van der Waals surface area contributed by atoms with Gasteiger partial charge in [0.15, 0.2) is 0 Å². The van der Waals surface area contributed by atoms with E-state index < -0.39 is 5.97 Å². The molecule has 0 aromatic heterocycles. The molecule has 3 heteroatoms. The number of aliphatic carboxylic acids is 1. The molecule has 0 aliphatic heterocycles. The summed E-state index contributed by atoms with van der Waals surface area (Å²) in [5.41, 5.74) is 0. The van der Waals surface area contributed by atoms with Gasteiger partial charge in [0.2, 0.25) is 0 Å². The summed E-state index contributed by atoms with van der Waals surface area (Å²) in [6, 6.07) is 0. The van der Waals surface area contributed by atoms with Crippen LogP contribution >= 0.6 is 0 Å². The number of Topliss-reactive ketones (excluding diaryl/α,β-unsaturated/α-hetero) is 1. The van der Waals surface area contributed by atoms with E-state index in [9.17, 15) is 9.59 Å². The Morgan fingerprint density at radius 1 is 0.696 bits per heavy atom. The Morgan fingerprint density at radius 3 is 1.17 bits per heavy atom. The van der Waals surface area contributed by atoms with Gasteiger partial charge in [0.25, 0.3) is 0 Å². The zero-order valence-corrected chi connectivity index (χ0v) is 14.8. The lowest BCUT2D eigenvalue weighted by atomic mass is 10.1. The van der Waals surface area contributed by atoms with E-state index in [1.807, 2.05) is 0 Å². The average Bonchev–Trinajstić information content (AvgIpc) is 2.36. The van der Waals surface area contributed by atoms with Crippen LogP contribution in [0, 0.1) is 0 Å². The number of hydrogen-bond donors (Lipinski definition) is 1. The molecule has 1 N–H and O–H groups in total. The molecule has 0 unspecified atom stereocenters. The fourth-order valence-electron chi connectivity index (χ4n) is 2.44. The third-order valence-electron chi connectivity index (χ3n) is 3.72. The van der Waals surface area contributed by atoms with E-state index in [4.69, 9.17) is 5.11 Å². The van der Waals surface area contributed by atoms with E-state index in [1.165, 1.54) is 84.0 Å². The number of ketones is 1. The minimum atomic E-state index is -1.06. The molecular formula is C20H34O3. The van der Waals surface area contributed by atoms with Crippen molar-refractivity contribution in [2.75, 3.05) is 0 Å². The van der Waals surface area contributed by atoms with Gasteiger partial charge in [-0.25, -0.2) is 0 Å². The number of carboxylic acid groups (broad SMARTS) is 1. The normalized spacial score (nSPS) is 17.8. The second-order valence-corrected chi connectivity index (χ2v) is 6.20. The van der Waals surface area contributed by atoms with E-state index in [0.29, 0.717) is 0 Å². The molecule has 0 heterocycles. The first kappa shape index (κ1) is 21.6. The lowest BCUT2D eigenvalue weighted by Gasteiger charge is -2.00. The van der Waals surface area contributed by atoms with Crippen molar-refractivity contribution in [2.24, 2.45) is 0 Å². The molecule has 2 rings (SSSR count). The number of carboxylic acids is 1. The van der Waals surface area contributed by atoms with Crippen molar-refractivity contribution in [3.63, 3.8) is 0 Å². The first-order chi connectivity index (χ1) is 11.1. The molecule has 0 radical (unpaired) electrons. The predicted octanol–water partition coefficient (Wildman–Crippen LogP) is 5.84. The van der Waals surface area contributed by atoms with Gasteiger partial charge >= 0.3 is 5.97 Å². The summed E-state index contributed by atoms with van der Waals surface area (Å²) in [6.45, 7) is 1.24. The van der Waals surface area contributed by atoms with Gasteiger partial charge in [-0.3, -0.25) is 9.59 Å². The lowest BCUT2D eigenvalue weighted by molar-refractivity contribution is -0.139. The van der Waals surface area contributed by atoms with Crippen molar-refractivity contribution in [3.8, 4) is 0 Å². The summed E-state index contributed by atoms with van der Waals surface area (Å²) in [5, 5.41) is 7.86.